The average Bonchev–Trinajstić information content (AvgIpc) is 2.39. The molecule has 0 aromatic heterocycles. The number of nitrogens with zero attached hydrogens (tertiary/aromatic N) is 2. The number of carbonyl (C=O) groups excluding carboxylic acids is 1. The van der Waals surface area contributed by atoms with E-state index in [2.05, 4.69) is 0 Å². The normalized spacial score (nSPS) is 24.5. The van der Waals surface area contributed by atoms with Crippen molar-refractivity contribution in [3.63, 3.8) is 0 Å². The van der Waals surface area contributed by atoms with Gasteiger partial charge >= 0.3 is 5.97 Å². The molecule has 0 radical (unpaired) electrons. The number of likely N-dealkylation sites (N-methyl/N-ethyl adjacent to an activating group) is 1. The van der Waals surface area contributed by atoms with E-state index in [1.54, 1.807) is 11.9 Å². The summed E-state index contributed by atoms with van der Waals surface area (Å²) >= 11 is 0. The minimum absolute atomic E-state index is 0.127. The number of benzene rings is 1. The minimum atomic E-state index is -0.952. The van der Waals surface area contributed by atoms with Crippen molar-refractivity contribution < 1.29 is 14.7 Å². The fourth-order valence-electron chi connectivity index (χ4n) is 2.38. The standard InChI is InChI=1S/C14H18N2O3/c1-10-9-16(11-6-4-3-5-7-11)14(19)12(15(10)2)8-13(17)18/h3-7,10,12H,8-9H2,1-2H3,(H,17,18). The first-order valence-electron chi connectivity index (χ1n) is 6.31. The zero-order chi connectivity index (χ0) is 14.0. The lowest BCUT2D eigenvalue weighted by Crippen LogP contribution is -2.60. The number of anilines is 1. The molecule has 0 spiro atoms. The summed E-state index contributed by atoms with van der Waals surface area (Å²) in [7, 11) is 1.80. The van der Waals surface area contributed by atoms with Crippen LogP contribution in [-0.4, -0.2) is 47.6 Å². The second-order valence-electron chi connectivity index (χ2n) is 4.91. The Morgan fingerprint density at radius 1 is 1.37 bits per heavy atom. The molecule has 1 aromatic carbocycles. The van der Waals surface area contributed by atoms with Crippen LogP contribution in [-0.2, 0) is 9.59 Å². The van der Waals surface area contributed by atoms with Crippen LogP contribution in [0, 0.1) is 0 Å². The number of hydrogen-bond acceptors (Lipinski definition) is 3. The van der Waals surface area contributed by atoms with Gasteiger partial charge in [-0.2, -0.15) is 0 Å². The fourth-order valence-corrected chi connectivity index (χ4v) is 2.38. The number of carboxylic acids is 1. The Labute approximate surface area is 112 Å². The van der Waals surface area contributed by atoms with E-state index in [-0.39, 0.29) is 18.4 Å². The molecular weight excluding hydrogens is 244 g/mol. The first-order valence-corrected chi connectivity index (χ1v) is 6.31. The Bertz CT molecular complexity index is 475. The SMILES string of the molecule is CC1CN(c2ccccc2)C(=O)C(CC(=O)O)N1C. The summed E-state index contributed by atoms with van der Waals surface area (Å²) in [6.45, 7) is 2.58. The maximum atomic E-state index is 12.4. The summed E-state index contributed by atoms with van der Waals surface area (Å²) < 4.78 is 0. The Hall–Kier alpha value is -1.88. The number of para-hydroxylation sites is 1. The monoisotopic (exact) mass is 262 g/mol. The van der Waals surface area contributed by atoms with Crippen LogP contribution in [0.25, 0.3) is 0 Å². The molecule has 1 aliphatic rings. The first kappa shape index (κ1) is 13.5. The number of carboxylic acid groups (broad SMARTS) is 1. The Balaban J connectivity index is 2.27. The van der Waals surface area contributed by atoms with Crippen molar-refractivity contribution in [2.45, 2.75) is 25.4 Å². The van der Waals surface area contributed by atoms with Crippen molar-refractivity contribution in [2.75, 3.05) is 18.5 Å². The van der Waals surface area contributed by atoms with Gasteiger partial charge in [0.2, 0.25) is 5.91 Å². The summed E-state index contributed by atoms with van der Waals surface area (Å²) in [6, 6.07) is 8.91. The number of piperazine rings is 1. The quantitative estimate of drug-likeness (QED) is 0.889. The van der Waals surface area contributed by atoms with E-state index < -0.39 is 12.0 Å². The van der Waals surface area contributed by atoms with Crippen molar-refractivity contribution in [3.8, 4) is 0 Å². The van der Waals surface area contributed by atoms with E-state index >= 15 is 0 Å². The molecule has 1 aliphatic heterocycles. The molecule has 1 amide bonds. The molecule has 1 saturated heterocycles. The third kappa shape index (κ3) is 2.76. The van der Waals surface area contributed by atoms with E-state index in [1.807, 2.05) is 42.2 Å². The van der Waals surface area contributed by atoms with Gasteiger partial charge in [0, 0.05) is 18.3 Å². The van der Waals surface area contributed by atoms with Gasteiger partial charge in [-0.1, -0.05) is 18.2 Å². The number of hydrogen-bond donors (Lipinski definition) is 1. The van der Waals surface area contributed by atoms with Crippen LogP contribution in [0.15, 0.2) is 30.3 Å². The smallest absolute Gasteiger partial charge is 0.305 e. The second-order valence-corrected chi connectivity index (χ2v) is 4.91. The lowest BCUT2D eigenvalue weighted by molar-refractivity contribution is -0.142. The zero-order valence-corrected chi connectivity index (χ0v) is 11.1. The van der Waals surface area contributed by atoms with Crippen LogP contribution in [0.5, 0.6) is 0 Å². The van der Waals surface area contributed by atoms with E-state index in [9.17, 15) is 9.59 Å². The van der Waals surface area contributed by atoms with Crippen LogP contribution in [0.4, 0.5) is 5.69 Å². The van der Waals surface area contributed by atoms with Gasteiger partial charge in [0.25, 0.3) is 0 Å². The fraction of sp³-hybridized carbons (Fsp3) is 0.429. The van der Waals surface area contributed by atoms with Gasteiger partial charge in [-0.25, -0.2) is 0 Å². The molecule has 5 nitrogen and oxygen atoms in total. The highest BCUT2D eigenvalue weighted by atomic mass is 16.4. The van der Waals surface area contributed by atoms with Crippen molar-refractivity contribution in [1.29, 1.82) is 0 Å². The molecular formula is C14H18N2O3. The molecule has 19 heavy (non-hydrogen) atoms. The predicted molar refractivity (Wildman–Crippen MR) is 72.1 cm³/mol. The Morgan fingerprint density at radius 2 is 2.00 bits per heavy atom. The zero-order valence-electron chi connectivity index (χ0n) is 11.1. The number of aliphatic carboxylic acids is 1. The molecule has 2 unspecified atom stereocenters. The van der Waals surface area contributed by atoms with Crippen LogP contribution in [0.1, 0.15) is 13.3 Å². The number of rotatable bonds is 3. The minimum Gasteiger partial charge on any atom is -0.481 e. The van der Waals surface area contributed by atoms with E-state index in [0.717, 1.165) is 5.69 Å². The topological polar surface area (TPSA) is 60.9 Å². The van der Waals surface area contributed by atoms with E-state index in [4.69, 9.17) is 5.11 Å². The Kier molecular flexibility index (Phi) is 3.85. The molecule has 1 fully saturated rings. The van der Waals surface area contributed by atoms with Crippen LogP contribution in [0.2, 0.25) is 0 Å². The van der Waals surface area contributed by atoms with Gasteiger partial charge in [0.1, 0.15) is 6.04 Å². The summed E-state index contributed by atoms with van der Waals surface area (Å²) in [6.07, 6.45) is -0.164. The van der Waals surface area contributed by atoms with Crippen LogP contribution >= 0.6 is 0 Å². The van der Waals surface area contributed by atoms with Crippen LogP contribution < -0.4 is 4.90 Å². The summed E-state index contributed by atoms with van der Waals surface area (Å²) in [4.78, 5) is 26.9. The molecule has 102 valence electrons. The summed E-state index contributed by atoms with van der Waals surface area (Å²) in [5.74, 6) is -1.10. The summed E-state index contributed by atoms with van der Waals surface area (Å²) in [5, 5.41) is 8.95. The third-order valence-electron chi connectivity index (χ3n) is 3.62. The molecule has 2 rings (SSSR count). The molecule has 0 bridgehead atoms. The maximum absolute atomic E-state index is 12.4. The number of amides is 1. The molecule has 1 N–H and O–H groups in total. The maximum Gasteiger partial charge on any atom is 0.305 e. The highest BCUT2D eigenvalue weighted by molar-refractivity contribution is 5.99. The highest BCUT2D eigenvalue weighted by Crippen LogP contribution is 2.23. The van der Waals surface area contributed by atoms with E-state index in [1.165, 1.54) is 0 Å². The largest absolute Gasteiger partial charge is 0.481 e. The van der Waals surface area contributed by atoms with E-state index in [0.29, 0.717) is 6.54 Å². The third-order valence-corrected chi connectivity index (χ3v) is 3.62. The molecule has 2 atom stereocenters. The van der Waals surface area contributed by atoms with Gasteiger partial charge in [-0.05, 0) is 26.1 Å². The lowest BCUT2D eigenvalue weighted by Gasteiger charge is -2.42. The van der Waals surface area contributed by atoms with Gasteiger partial charge in [-0.15, -0.1) is 0 Å². The van der Waals surface area contributed by atoms with Gasteiger partial charge in [-0.3, -0.25) is 14.5 Å². The van der Waals surface area contributed by atoms with Crippen molar-refractivity contribution in [2.24, 2.45) is 0 Å². The van der Waals surface area contributed by atoms with Crippen molar-refractivity contribution >= 4 is 17.6 Å². The van der Waals surface area contributed by atoms with Crippen molar-refractivity contribution in [3.05, 3.63) is 30.3 Å². The average molecular weight is 262 g/mol. The van der Waals surface area contributed by atoms with Gasteiger partial charge in [0.05, 0.1) is 6.42 Å². The highest BCUT2D eigenvalue weighted by Gasteiger charge is 2.38. The molecule has 0 aliphatic carbocycles. The first-order chi connectivity index (χ1) is 9.00. The van der Waals surface area contributed by atoms with Gasteiger partial charge < -0.3 is 10.0 Å². The van der Waals surface area contributed by atoms with Crippen molar-refractivity contribution in [1.82, 2.24) is 4.90 Å². The predicted octanol–water partition coefficient (Wildman–Crippen LogP) is 1.20. The van der Waals surface area contributed by atoms with Gasteiger partial charge in [0.15, 0.2) is 0 Å². The number of carbonyl (C=O) groups is 2. The van der Waals surface area contributed by atoms with Crippen LogP contribution in [0.3, 0.4) is 0 Å². The lowest BCUT2D eigenvalue weighted by atomic mass is 10.0. The molecule has 0 saturated carbocycles. The Morgan fingerprint density at radius 3 is 2.58 bits per heavy atom. The second kappa shape index (κ2) is 5.40. The summed E-state index contributed by atoms with van der Waals surface area (Å²) in [5.41, 5.74) is 0.822. The molecule has 5 heteroatoms. The molecule has 1 heterocycles. The molecule has 1 aromatic rings.